The van der Waals surface area contributed by atoms with Crippen LogP contribution in [0.2, 0.25) is 0 Å². The third-order valence-corrected chi connectivity index (χ3v) is 2.81. The first-order valence-electron chi connectivity index (χ1n) is 5.64. The molecule has 2 aromatic carbocycles. The number of aliphatic imine (C=N–C) groups is 2. The number of nitrogens with zero attached hydrogens (tertiary/aromatic N) is 2. The van der Waals surface area contributed by atoms with Crippen molar-refractivity contribution >= 4 is 12.4 Å². The summed E-state index contributed by atoms with van der Waals surface area (Å²) in [6.07, 6.45) is 3.44. The van der Waals surface area contributed by atoms with Crippen molar-refractivity contribution in [2.45, 2.75) is 6.17 Å². The van der Waals surface area contributed by atoms with Crippen molar-refractivity contribution in [1.82, 2.24) is 0 Å². The quantitative estimate of drug-likeness (QED) is 0.740. The zero-order valence-electron chi connectivity index (χ0n) is 9.32. The molecule has 0 radical (unpaired) electrons. The maximum Gasteiger partial charge on any atom is 0.165 e. The second kappa shape index (κ2) is 4.34. The normalized spacial score (nSPS) is 14.4. The minimum absolute atomic E-state index is 0.0568. The highest BCUT2D eigenvalue weighted by atomic mass is 15.0. The molecule has 2 nitrogen and oxygen atoms in total. The van der Waals surface area contributed by atoms with Crippen LogP contribution in [0, 0.1) is 0 Å². The molecule has 1 aliphatic rings. The molecule has 0 aliphatic carbocycles. The molecule has 3 rings (SSSR count). The van der Waals surface area contributed by atoms with Gasteiger partial charge in [-0.15, -0.1) is 0 Å². The molecule has 17 heavy (non-hydrogen) atoms. The van der Waals surface area contributed by atoms with Crippen LogP contribution in [0.15, 0.2) is 64.6 Å². The van der Waals surface area contributed by atoms with Crippen molar-refractivity contribution in [1.29, 1.82) is 0 Å². The molecule has 0 atom stereocenters. The average Bonchev–Trinajstić information content (AvgIpc) is 2.94. The number of rotatable bonds is 2. The van der Waals surface area contributed by atoms with Crippen molar-refractivity contribution in [3.63, 3.8) is 0 Å². The van der Waals surface area contributed by atoms with Gasteiger partial charge in [0.2, 0.25) is 0 Å². The van der Waals surface area contributed by atoms with Gasteiger partial charge in [0.25, 0.3) is 0 Å². The van der Waals surface area contributed by atoms with E-state index in [1.807, 2.05) is 18.2 Å². The minimum atomic E-state index is -0.0568. The van der Waals surface area contributed by atoms with Gasteiger partial charge in [0.15, 0.2) is 6.17 Å². The van der Waals surface area contributed by atoms with Gasteiger partial charge >= 0.3 is 0 Å². The van der Waals surface area contributed by atoms with Crippen LogP contribution in [0.3, 0.4) is 0 Å². The van der Waals surface area contributed by atoms with E-state index in [1.165, 1.54) is 11.1 Å². The Morgan fingerprint density at radius 1 is 0.706 bits per heavy atom. The van der Waals surface area contributed by atoms with Crippen molar-refractivity contribution in [3.05, 3.63) is 60.2 Å². The Bertz CT molecular complexity index is 558. The second-order valence-corrected chi connectivity index (χ2v) is 3.96. The van der Waals surface area contributed by atoms with E-state index in [4.69, 9.17) is 0 Å². The van der Waals surface area contributed by atoms with Crippen LogP contribution in [0.4, 0.5) is 0 Å². The van der Waals surface area contributed by atoms with Crippen LogP contribution in [0.5, 0.6) is 0 Å². The maximum atomic E-state index is 4.29. The van der Waals surface area contributed by atoms with Crippen LogP contribution in [0.1, 0.15) is 11.7 Å². The summed E-state index contributed by atoms with van der Waals surface area (Å²) in [5.74, 6) is 0. The predicted molar refractivity (Wildman–Crippen MR) is 71.6 cm³/mol. The Balaban J connectivity index is 2.00. The molecule has 0 bridgehead atoms. The highest BCUT2D eigenvalue weighted by molar-refractivity contribution is 6.17. The average molecular weight is 220 g/mol. The summed E-state index contributed by atoms with van der Waals surface area (Å²) in [6, 6.07) is 18.7. The van der Waals surface area contributed by atoms with Crippen molar-refractivity contribution < 1.29 is 0 Å². The first kappa shape index (κ1) is 9.97. The fourth-order valence-corrected chi connectivity index (χ4v) is 1.96. The summed E-state index contributed by atoms with van der Waals surface area (Å²) < 4.78 is 0. The molecule has 0 fully saturated rings. The van der Waals surface area contributed by atoms with Crippen LogP contribution in [-0.2, 0) is 0 Å². The van der Waals surface area contributed by atoms with Gasteiger partial charge < -0.3 is 0 Å². The Morgan fingerprint density at radius 3 is 2.18 bits per heavy atom. The Labute approximate surface area is 100 Å². The van der Waals surface area contributed by atoms with E-state index in [1.54, 1.807) is 12.4 Å². The van der Waals surface area contributed by atoms with Crippen LogP contribution >= 0.6 is 0 Å². The summed E-state index contributed by atoms with van der Waals surface area (Å²) in [5.41, 5.74) is 3.57. The Hall–Kier alpha value is -2.22. The molecule has 0 N–H and O–H groups in total. The third kappa shape index (κ3) is 2.02. The molecule has 0 spiro atoms. The SMILES string of the molecule is C1=NC(c2cccc(-c3ccccc3)c2)N=C1. The Kier molecular flexibility index (Phi) is 2.54. The molecular weight excluding hydrogens is 208 g/mol. The fourth-order valence-electron chi connectivity index (χ4n) is 1.96. The molecule has 1 aliphatic heterocycles. The van der Waals surface area contributed by atoms with Gasteiger partial charge in [-0.2, -0.15) is 0 Å². The van der Waals surface area contributed by atoms with Gasteiger partial charge in [0.1, 0.15) is 0 Å². The standard InChI is InChI=1S/C15H12N2/c1-2-5-12(6-3-1)13-7-4-8-14(11-13)15-16-9-10-17-15/h1-11,15H. The fraction of sp³-hybridized carbons (Fsp3) is 0.0667. The van der Waals surface area contributed by atoms with Gasteiger partial charge in [-0.25, -0.2) is 0 Å². The largest absolute Gasteiger partial charge is 0.260 e. The van der Waals surface area contributed by atoms with Gasteiger partial charge in [0, 0.05) is 12.4 Å². The third-order valence-electron chi connectivity index (χ3n) is 2.81. The van der Waals surface area contributed by atoms with Crippen molar-refractivity contribution in [2.75, 3.05) is 0 Å². The van der Waals surface area contributed by atoms with Crippen LogP contribution in [0.25, 0.3) is 11.1 Å². The lowest BCUT2D eigenvalue weighted by molar-refractivity contribution is 0.802. The lowest BCUT2D eigenvalue weighted by Crippen LogP contribution is -1.89. The molecule has 0 saturated carbocycles. The maximum absolute atomic E-state index is 4.29. The topological polar surface area (TPSA) is 24.7 Å². The summed E-state index contributed by atoms with van der Waals surface area (Å²) in [7, 11) is 0. The molecule has 2 heteroatoms. The van der Waals surface area contributed by atoms with Crippen LogP contribution < -0.4 is 0 Å². The summed E-state index contributed by atoms with van der Waals surface area (Å²) in [6.45, 7) is 0. The van der Waals surface area contributed by atoms with E-state index < -0.39 is 0 Å². The van der Waals surface area contributed by atoms with Crippen molar-refractivity contribution in [3.8, 4) is 11.1 Å². The molecule has 0 amide bonds. The number of hydrogen-bond acceptors (Lipinski definition) is 2. The zero-order valence-corrected chi connectivity index (χ0v) is 9.32. The van der Waals surface area contributed by atoms with E-state index >= 15 is 0 Å². The minimum Gasteiger partial charge on any atom is -0.260 e. The lowest BCUT2D eigenvalue weighted by atomic mass is 10.0. The highest BCUT2D eigenvalue weighted by Gasteiger charge is 2.09. The summed E-state index contributed by atoms with van der Waals surface area (Å²) >= 11 is 0. The first-order chi connectivity index (χ1) is 8.43. The van der Waals surface area contributed by atoms with Crippen LogP contribution in [-0.4, -0.2) is 12.4 Å². The second-order valence-electron chi connectivity index (χ2n) is 3.96. The molecule has 82 valence electrons. The lowest BCUT2D eigenvalue weighted by Gasteiger charge is -2.07. The monoisotopic (exact) mass is 220 g/mol. The van der Waals surface area contributed by atoms with Gasteiger partial charge in [0.05, 0.1) is 0 Å². The van der Waals surface area contributed by atoms with Gasteiger partial charge in [-0.3, -0.25) is 9.98 Å². The first-order valence-corrected chi connectivity index (χ1v) is 5.64. The Morgan fingerprint density at radius 2 is 1.41 bits per heavy atom. The summed E-state index contributed by atoms with van der Waals surface area (Å²) in [5, 5.41) is 0. The van der Waals surface area contributed by atoms with E-state index in [0.29, 0.717) is 0 Å². The molecular formula is C15H12N2. The van der Waals surface area contributed by atoms with Crippen molar-refractivity contribution in [2.24, 2.45) is 9.98 Å². The van der Waals surface area contributed by atoms with Gasteiger partial charge in [-0.05, 0) is 22.8 Å². The molecule has 0 unspecified atom stereocenters. The highest BCUT2D eigenvalue weighted by Crippen LogP contribution is 2.26. The zero-order chi connectivity index (χ0) is 11.5. The van der Waals surface area contributed by atoms with E-state index in [9.17, 15) is 0 Å². The molecule has 0 saturated heterocycles. The molecule has 0 aromatic heterocycles. The van der Waals surface area contributed by atoms with Gasteiger partial charge in [-0.1, -0.05) is 48.5 Å². The van der Waals surface area contributed by atoms with E-state index in [0.717, 1.165) is 5.56 Å². The number of benzene rings is 2. The predicted octanol–water partition coefficient (Wildman–Crippen LogP) is 3.51. The summed E-state index contributed by atoms with van der Waals surface area (Å²) in [4.78, 5) is 8.59. The molecule has 1 heterocycles. The number of hydrogen-bond donors (Lipinski definition) is 0. The van der Waals surface area contributed by atoms with E-state index in [2.05, 4.69) is 46.4 Å². The molecule has 2 aromatic rings. The van der Waals surface area contributed by atoms with E-state index in [-0.39, 0.29) is 6.17 Å². The smallest absolute Gasteiger partial charge is 0.165 e.